The van der Waals surface area contributed by atoms with Crippen molar-refractivity contribution in [2.24, 2.45) is 16.7 Å². The lowest BCUT2D eigenvalue weighted by Gasteiger charge is -2.48. The summed E-state index contributed by atoms with van der Waals surface area (Å²) in [5, 5.41) is 0. The van der Waals surface area contributed by atoms with E-state index >= 15 is 0 Å². The maximum atomic E-state index is 12.5. The molecule has 3 aliphatic heterocycles. The topological polar surface area (TPSA) is 291 Å². The molecule has 3 heterocycles. The van der Waals surface area contributed by atoms with Crippen LogP contribution in [0.5, 0.6) is 0 Å². The van der Waals surface area contributed by atoms with Gasteiger partial charge >= 0.3 is 59.7 Å². The Morgan fingerprint density at radius 1 is 0.382 bits per heavy atom. The second kappa shape index (κ2) is 41.9. The van der Waals surface area contributed by atoms with E-state index in [1.54, 1.807) is 6.92 Å². The summed E-state index contributed by atoms with van der Waals surface area (Å²) in [5.41, 5.74) is -0.932. The SMILES string of the molecule is CCCC(=O)OC1C(C)OC(C(C)(C)C)C(OC(=O)CCC)C1OC(=O)CCC.CCCC(=O)OC1C(COC(C)=O)OC(C(C)(C)C)C(OC(=O)CCC)C1OC(=O)CCC.CCCC(=O)OC1COC(C(C)C)C(OC(=O)CCC)C1OC(=O)CCC. The van der Waals surface area contributed by atoms with Gasteiger partial charge in [-0.15, -0.1) is 0 Å². The molecule has 0 spiro atoms. The lowest BCUT2D eigenvalue weighted by molar-refractivity contribution is -0.268. The maximum Gasteiger partial charge on any atom is 0.306 e. The monoisotopic (exact) mass is 1270 g/mol. The third kappa shape index (κ3) is 29.2. The van der Waals surface area contributed by atoms with Gasteiger partial charge in [0, 0.05) is 64.7 Å². The first kappa shape index (κ1) is 81.6. The van der Waals surface area contributed by atoms with Crippen LogP contribution in [0.4, 0.5) is 0 Å². The largest absolute Gasteiger partial charge is 0.463 e. The van der Waals surface area contributed by atoms with Gasteiger partial charge in [0.25, 0.3) is 0 Å². The summed E-state index contributed by atoms with van der Waals surface area (Å²) in [7, 11) is 0. The standard InChI is InChI=1S/C24H40O9.C22H38O7.C20H34O7/c1-8-11-17(26)31-20-16(14-29-15(4)25)30-23(24(5,6)7)22(33-19(28)13-10-3)21(20)32-18(27)12-9-2;1-8-11-15(23)27-18-14(4)26-21(22(5,6)7)20(29-17(25)13-10-3)19(18)28-16(24)12-9-2;1-6-9-15(21)25-14-12-24-18(13(4)5)20(27-17(23)11-8-3)19(14)26-16(22)10-7-2/h16,20-23H,8-14H2,1-7H3;14,18-21H,8-13H2,1-7H3;13-14,18-20H,6-12H2,1-5H3. The van der Waals surface area contributed by atoms with Crippen molar-refractivity contribution in [2.45, 2.75) is 333 Å². The molecule has 0 saturated carbocycles. The van der Waals surface area contributed by atoms with Crippen molar-refractivity contribution in [3.63, 3.8) is 0 Å². The van der Waals surface area contributed by atoms with E-state index in [-0.39, 0.29) is 100 Å². The van der Waals surface area contributed by atoms with Gasteiger partial charge in [0.05, 0.1) is 12.7 Å². The Hall–Kier alpha value is -5.42. The highest BCUT2D eigenvalue weighted by Crippen LogP contribution is 2.40. The number of ether oxygens (including phenoxy) is 13. The first-order valence-corrected chi connectivity index (χ1v) is 32.6. The minimum Gasteiger partial charge on any atom is -0.463 e. The van der Waals surface area contributed by atoms with E-state index in [2.05, 4.69) is 0 Å². The van der Waals surface area contributed by atoms with Crippen molar-refractivity contribution in [3.8, 4) is 0 Å². The van der Waals surface area contributed by atoms with Crippen molar-refractivity contribution < 1.29 is 110 Å². The van der Waals surface area contributed by atoms with Crippen LogP contribution in [0, 0.1) is 16.7 Å². The summed E-state index contributed by atoms with van der Waals surface area (Å²) in [6.07, 6.45) is -3.86. The molecule has 14 unspecified atom stereocenters. The first-order valence-electron chi connectivity index (χ1n) is 32.6. The van der Waals surface area contributed by atoms with E-state index in [1.165, 1.54) is 6.92 Å². The summed E-state index contributed by atoms with van der Waals surface area (Å²) >= 11 is 0. The Labute approximate surface area is 530 Å². The molecular formula is C66H112O23. The molecule has 89 heavy (non-hydrogen) atoms. The fraction of sp³-hybridized carbons (Fsp3) is 0.848. The number of rotatable bonds is 30. The molecule has 0 aromatic rings. The van der Waals surface area contributed by atoms with Crippen molar-refractivity contribution in [3.05, 3.63) is 0 Å². The van der Waals surface area contributed by atoms with Crippen LogP contribution in [0.1, 0.15) is 247 Å². The van der Waals surface area contributed by atoms with Crippen LogP contribution in [0.2, 0.25) is 0 Å². The predicted molar refractivity (Wildman–Crippen MR) is 326 cm³/mol. The summed E-state index contributed by atoms with van der Waals surface area (Å²) < 4.78 is 74.5. The number of carbonyl (C=O) groups is 10. The van der Waals surface area contributed by atoms with Gasteiger partial charge in [0.1, 0.15) is 31.0 Å². The highest BCUT2D eigenvalue weighted by Gasteiger charge is 2.57. The molecule has 3 rings (SSSR count). The maximum absolute atomic E-state index is 12.5. The third-order valence-electron chi connectivity index (χ3n) is 14.2. The van der Waals surface area contributed by atoms with Gasteiger partial charge < -0.3 is 61.6 Å². The molecule has 0 N–H and O–H groups in total. The molecule has 23 heteroatoms. The van der Waals surface area contributed by atoms with Crippen LogP contribution in [0.25, 0.3) is 0 Å². The second-order valence-corrected chi connectivity index (χ2v) is 25.3. The lowest BCUT2D eigenvalue weighted by Crippen LogP contribution is -2.65. The Morgan fingerprint density at radius 2 is 0.663 bits per heavy atom. The van der Waals surface area contributed by atoms with Gasteiger partial charge in [-0.1, -0.05) is 118 Å². The molecule has 14 atom stereocenters. The van der Waals surface area contributed by atoms with Gasteiger partial charge in [-0.05, 0) is 81.5 Å². The third-order valence-corrected chi connectivity index (χ3v) is 14.2. The van der Waals surface area contributed by atoms with Crippen molar-refractivity contribution in [1.29, 1.82) is 0 Å². The van der Waals surface area contributed by atoms with E-state index in [1.807, 2.05) is 118 Å². The van der Waals surface area contributed by atoms with Gasteiger partial charge in [-0.2, -0.15) is 0 Å². The first-order chi connectivity index (χ1) is 41.8. The smallest absolute Gasteiger partial charge is 0.306 e. The molecule has 0 aromatic heterocycles. The predicted octanol–water partition coefficient (Wildman–Crippen LogP) is 10.6. The summed E-state index contributed by atoms with van der Waals surface area (Å²) in [6, 6.07) is 0. The van der Waals surface area contributed by atoms with E-state index < -0.39 is 133 Å². The van der Waals surface area contributed by atoms with Gasteiger partial charge in [0.2, 0.25) is 0 Å². The van der Waals surface area contributed by atoms with Crippen LogP contribution in [0.15, 0.2) is 0 Å². The highest BCUT2D eigenvalue weighted by atomic mass is 16.7. The van der Waals surface area contributed by atoms with Crippen molar-refractivity contribution >= 4 is 59.7 Å². The van der Waals surface area contributed by atoms with Crippen LogP contribution in [0.3, 0.4) is 0 Å². The van der Waals surface area contributed by atoms with Gasteiger partial charge in [0.15, 0.2) is 54.9 Å². The number of carbonyl (C=O) groups excluding carboxylic acids is 10. The molecule has 3 aliphatic rings. The average Bonchev–Trinajstić information content (AvgIpc) is 1.43. The molecule has 0 aliphatic carbocycles. The van der Waals surface area contributed by atoms with E-state index in [0.717, 1.165) is 0 Å². The Morgan fingerprint density at radius 3 is 0.989 bits per heavy atom. The zero-order valence-corrected chi connectivity index (χ0v) is 57.2. The molecule has 0 bridgehead atoms. The second-order valence-electron chi connectivity index (χ2n) is 25.3. The van der Waals surface area contributed by atoms with Crippen LogP contribution >= 0.6 is 0 Å². The normalized spacial score (nSPS) is 25.8. The number of hydrogen-bond acceptors (Lipinski definition) is 23. The lowest BCUT2D eigenvalue weighted by atomic mass is 9.80. The van der Waals surface area contributed by atoms with Gasteiger partial charge in [-0.3, -0.25) is 47.9 Å². The zero-order chi connectivity index (χ0) is 67.8. The molecule has 514 valence electrons. The van der Waals surface area contributed by atoms with E-state index in [4.69, 9.17) is 61.6 Å². The summed E-state index contributed by atoms with van der Waals surface area (Å²) in [5.74, 6) is -4.33. The molecule has 23 nitrogen and oxygen atoms in total. The molecule has 0 aromatic carbocycles. The van der Waals surface area contributed by atoms with Crippen molar-refractivity contribution in [1.82, 2.24) is 0 Å². The minimum atomic E-state index is -1.11. The van der Waals surface area contributed by atoms with E-state index in [9.17, 15) is 47.9 Å². The summed E-state index contributed by atoms with van der Waals surface area (Å²) in [6.45, 7) is 35.2. The Bertz CT molecular complexity index is 2180. The summed E-state index contributed by atoms with van der Waals surface area (Å²) in [4.78, 5) is 122. The molecule has 0 amide bonds. The fourth-order valence-corrected chi connectivity index (χ4v) is 9.98. The average molecular weight is 1270 g/mol. The molecule has 3 saturated heterocycles. The van der Waals surface area contributed by atoms with Crippen molar-refractivity contribution in [2.75, 3.05) is 13.2 Å². The Balaban J connectivity index is 0.000000671. The Kier molecular flexibility index (Phi) is 38.4. The molecular weight excluding hydrogens is 1160 g/mol. The van der Waals surface area contributed by atoms with E-state index in [0.29, 0.717) is 57.8 Å². The minimum absolute atomic E-state index is 0.0316. The zero-order valence-electron chi connectivity index (χ0n) is 57.2. The van der Waals surface area contributed by atoms with Crippen LogP contribution < -0.4 is 0 Å². The molecule has 0 radical (unpaired) electrons. The molecule has 3 fully saturated rings. The highest BCUT2D eigenvalue weighted by molar-refractivity contribution is 5.74. The number of esters is 10. The quantitative estimate of drug-likeness (QED) is 0.0477. The van der Waals surface area contributed by atoms with Crippen LogP contribution in [-0.2, 0) is 110 Å². The van der Waals surface area contributed by atoms with Crippen LogP contribution in [-0.4, -0.2) is 158 Å². The fourth-order valence-electron chi connectivity index (χ4n) is 9.98. The number of hydrogen-bond donors (Lipinski definition) is 0. The van der Waals surface area contributed by atoms with Gasteiger partial charge in [-0.25, -0.2) is 0 Å².